The lowest BCUT2D eigenvalue weighted by atomic mass is 10.1. The van der Waals surface area contributed by atoms with Gasteiger partial charge in [-0.3, -0.25) is 4.79 Å². The van der Waals surface area contributed by atoms with Crippen molar-refractivity contribution in [2.24, 2.45) is 5.73 Å². The molecule has 1 aliphatic heterocycles. The number of nitrogens with one attached hydrogen (secondary N) is 1. The molecular formula is C21H18Cl2N4O2. The lowest BCUT2D eigenvalue weighted by molar-refractivity contribution is 0.0997. The maximum absolute atomic E-state index is 12.7. The van der Waals surface area contributed by atoms with E-state index in [2.05, 4.69) is 5.32 Å². The van der Waals surface area contributed by atoms with E-state index in [0.717, 1.165) is 11.3 Å². The summed E-state index contributed by atoms with van der Waals surface area (Å²) < 4.78 is 1.98. The number of nitrogens with zero attached hydrogens (tertiary/aromatic N) is 2. The maximum atomic E-state index is 12.7. The summed E-state index contributed by atoms with van der Waals surface area (Å²) in [7, 11) is 0. The van der Waals surface area contributed by atoms with Crippen molar-refractivity contribution in [2.75, 3.05) is 11.9 Å². The number of halogens is 2. The molecule has 148 valence electrons. The minimum atomic E-state index is -0.610. The van der Waals surface area contributed by atoms with Crippen molar-refractivity contribution in [2.45, 2.75) is 13.1 Å². The number of hydrogen-bond acceptors (Lipinski definition) is 2. The Labute approximate surface area is 177 Å². The van der Waals surface area contributed by atoms with Crippen LogP contribution >= 0.6 is 23.2 Å². The van der Waals surface area contributed by atoms with E-state index >= 15 is 0 Å². The molecule has 3 N–H and O–H groups in total. The van der Waals surface area contributed by atoms with Crippen LogP contribution in [0.3, 0.4) is 0 Å². The first-order chi connectivity index (χ1) is 14.0. The molecule has 0 aliphatic carbocycles. The molecule has 0 fully saturated rings. The van der Waals surface area contributed by atoms with Crippen LogP contribution in [0.15, 0.2) is 54.6 Å². The van der Waals surface area contributed by atoms with Crippen molar-refractivity contribution < 1.29 is 9.59 Å². The zero-order chi connectivity index (χ0) is 20.5. The Morgan fingerprint density at radius 3 is 2.31 bits per heavy atom. The molecule has 8 heteroatoms. The van der Waals surface area contributed by atoms with E-state index in [4.69, 9.17) is 28.9 Å². The largest absolute Gasteiger partial charge is 0.365 e. The molecule has 1 aromatic heterocycles. The predicted molar refractivity (Wildman–Crippen MR) is 114 cm³/mol. The van der Waals surface area contributed by atoms with Crippen molar-refractivity contribution >= 4 is 40.8 Å². The Balaban J connectivity index is 1.66. The van der Waals surface area contributed by atoms with Crippen molar-refractivity contribution in [3.8, 4) is 11.3 Å². The molecule has 3 amide bonds. The Morgan fingerprint density at radius 2 is 1.66 bits per heavy atom. The van der Waals surface area contributed by atoms with Crippen LogP contribution in [-0.4, -0.2) is 28.0 Å². The van der Waals surface area contributed by atoms with Gasteiger partial charge in [-0.15, -0.1) is 0 Å². The van der Waals surface area contributed by atoms with Crippen molar-refractivity contribution in [1.82, 2.24) is 9.47 Å². The zero-order valence-electron chi connectivity index (χ0n) is 15.4. The van der Waals surface area contributed by atoms with Crippen LogP contribution in [0.1, 0.15) is 16.1 Å². The number of nitrogens with two attached hydrogens (primary N) is 1. The molecule has 0 saturated heterocycles. The number of anilines is 1. The summed E-state index contributed by atoms with van der Waals surface area (Å²) in [5, 5.41) is 3.75. The van der Waals surface area contributed by atoms with Crippen LogP contribution in [-0.2, 0) is 13.1 Å². The number of urea groups is 1. The fourth-order valence-electron chi connectivity index (χ4n) is 3.56. The molecule has 0 atom stereocenters. The molecule has 0 bridgehead atoms. The van der Waals surface area contributed by atoms with Gasteiger partial charge in [-0.1, -0.05) is 53.5 Å². The highest BCUT2D eigenvalue weighted by Gasteiger charge is 2.31. The van der Waals surface area contributed by atoms with E-state index in [-0.39, 0.29) is 18.1 Å². The Morgan fingerprint density at radius 1 is 0.966 bits per heavy atom. The van der Waals surface area contributed by atoms with Crippen LogP contribution in [0.5, 0.6) is 0 Å². The second-order valence-corrected chi connectivity index (χ2v) is 7.54. The molecule has 4 rings (SSSR count). The van der Waals surface area contributed by atoms with E-state index < -0.39 is 5.91 Å². The van der Waals surface area contributed by atoms with Gasteiger partial charge in [0.1, 0.15) is 0 Å². The van der Waals surface area contributed by atoms with Crippen molar-refractivity contribution in [3.05, 3.63) is 75.9 Å². The number of benzene rings is 2. The number of carbonyl (C=O) groups excluding carboxylic acids is 2. The summed E-state index contributed by atoms with van der Waals surface area (Å²) >= 11 is 12.5. The third-order valence-corrected chi connectivity index (χ3v) is 5.54. The van der Waals surface area contributed by atoms with Crippen LogP contribution in [0.4, 0.5) is 10.5 Å². The summed E-state index contributed by atoms with van der Waals surface area (Å²) in [6, 6.07) is 16.2. The van der Waals surface area contributed by atoms with Gasteiger partial charge in [0.25, 0.3) is 5.91 Å². The van der Waals surface area contributed by atoms with Gasteiger partial charge in [0.05, 0.1) is 28.5 Å². The Bertz CT molecular complexity index is 1080. The third kappa shape index (κ3) is 3.69. The van der Waals surface area contributed by atoms with Crippen LogP contribution in [0.2, 0.25) is 10.0 Å². The molecule has 2 aromatic carbocycles. The van der Waals surface area contributed by atoms with E-state index in [1.165, 1.54) is 0 Å². The lowest BCUT2D eigenvalue weighted by Gasteiger charge is -2.30. The van der Waals surface area contributed by atoms with Crippen molar-refractivity contribution in [3.63, 3.8) is 0 Å². The van der Waals surface area contributed by atoms with Gasteiger partial charge in [0, 0.05) is 23.8 Å². The number of hydrogen-bond donors (Lipinski definition) is 2. The summed E-state index contributed by atoms with van der Waals surface area (Å²) in [6.07, 6.45) is 0. The molecule has 0 radical (unpaired) electrons. The summed E-state index contributed by atoms with van der Waals surface area (Å²) in [6.45, 7) is 1.19. The van der Waals surface area contributed by atoms with Gasteiger partial charge in [0.15, 0.2) is 0 Å². The highest BCUT2D eigenvalue weighted by atomic mass is 35.5. The van der Waals surface area contributed by atoms with E-state index in [0.29, 0.717) is 34.5 Å². The first-order valence-corrected chi connectivity index (χ1v) is 9.79. The minimum absolute atomic E-state index is 0.226. The molecule has 1 aliphatic rings. The third-order valence-electron chi connectivity index (χ3n) is 4.92. The van der Waals surface area contributed by atoms with E-state index in [1.54, 1.807) is 29.2 Å². The molecule has 29 heavy (non-hydrogen) atoms. The van der Waals surface area contributed by atoms with E-state index in [9.17, 15) is 9.59 Å². The molecular weight excluding hydrogens is 411 g/mol. The zero-order valence-corrected chi connectivity index (χ0v) is 16.9. The van der Waals surface area contributed by atoms with Crippen LogP contribution in [0, 0.1) is 0 Å². The maximum Gasteiger partial charge on any atom is 0.322 e. The fraction of sp³-hybridized carbons (Fsp3) is 0.143. The average Bonchev–Trinajstić information content (AvgIpc) is 3.01. The fourth-order valence-corrected chi connectivity index (χ4v) is 4.10. The first-order valence-electron chi connectivity index (χ1n) is 9.03. The lowest BCUT2D eigenvalue weighted by Crippen LogP contribution is -2.41. The number of carbonyl (C=O) groups is 2. The monoisotopic (exact) mass is 428 g/mol. The average molecular weight is 429 g/mol. The minimum Gasteiger partial charge on any atom is -0.365 e. The van der Waals surface area contributed by atoms with Crippen molar-refractivity contribution in [1.29, 1.82) is 0 Å². The van der Waals surface area contributed by atoms with Gasteiger partial charge in [-0.05, 0) is 29.8 Å². The summed E-state index contributed by atoms with van der Waals surface area (Å²) in [5.74, 6) is -0.610. The number of fused-ring (bicyclic) bond motifs is 1. The van der Waals surface area contributed by atoms with Gasteiger partial charge < -0.3 is 20.5 Å². The highest BCUT2D eigenvalue weighted by molar-refractivity contribution is 6.36. The first kappa shape index (κ1) is 19.4. The summed E-state index contributed by atoms with van der Waals surface area (Å²) in [5.41, 5.74) is 8.79. The van der Waals surface area contributed by atoms with Crippen LogP contribution < -0.4 is 11.1 Å². The van der Waals surface area contributed by atoms with Gasteiger partial charge in [0.2, 0.25) is 0 Å². The number of amides is 3. The normalized spacial score (nSPS) is 13.1. The number of primary amides is 1. The van der Waals surface area contributed by atoms with Gasteiger partial charge in [-0.25, -0.2) is 4.79 Å². The molecule has 2 heterocycles. The Kier molecular flexibility index (Phi) is 5.22. The van der Waals surface area contributed by atoms with Gasteiger partial charge in [-0.2, -0.15) is 0 Å². The smallest absolute Gasteiger partial charge is 0.322 e. The van der Waals surface area contributed by atoms with E-state index in [1.807, 2.05) is 34.9 Å². The topological polar surface area (TPSA) is 80.4 Å². The van der Waals surface area contributed by atoms with Gasteiger partial charge >= 0.3 is 6.03 Å². The second-order valence-electron chi connectivity index (χ2n) is 6.72. The SMILES string of the molecule is NC(=O)c1c(Cl)c(-c2ccccc2)n2c1CN(C(=O)Nc1ccc(Cl)cc1)CC2. The second kappa shape index (κ2) is 7.81. The number of rotatable bonds is 3. The molecule has 0 saturated carbocycles. The standard InChI is InChI=1S/C21H18Cl2N4O2/c22-14-6-8-15(9-7-14)25-21(29)26-10-11-27-16(12-26)17(20(24)28)18(23)19(27)13-4-2-1-3-5-13/h1-9H,10-12H2,(H2,24,28)(H,25,29). The highest BCUT2D eigenvalue weighted by Crippen LogP contribution is 2.37. The number of aromatic nitrogens is 1. The van der Waals surface area contributed by atoms with Crippen LogP contribution in [0.25, 0.3) is 11.3 Å². The predicted octanol–water partition coefficient (Wildman–Crippen LogP) is 4.61. The molecule has 0 unspecified atom stereocenters. The quantitative estimate of drug-likeness (QED) is 0.638. The molecule has 0 spiro atoms. The molecule has 3 aromatic rings. The summed E-state index contributed by atoms with van der Waals surface area (Å²) in [4.78, 5) is 26.5. The Hall–Kier alpha value is -2.96. The molecule has 6 nitrogen and oxygen atoms in total.